The first kappa shape index (κ1) is 13.4. The van der Waals surface area contributed by atoms with E-state index in [1.807, 2.05) is 0 Å². The summed E-state index contributed by atoms with van der Waals surface area (Å²) in [4.78, 5) is 14.5. The molecule has 3 fully saturated rings. The molecule has 0 saturated heterocycles. The Balaban J connectivity index is 1.63. The van der Waals surface area contributed by atoms with Gasteiger partial charge in [-0.25, -0.2) is 0 Å². The molecule has 0 heterocycles. The summed E-state index contributed by atoms with van der Waals surface area (Å²) in [6, 6.07) is 0. The van der Waals surface area contributed by atoms with E-state index in [1.54, 1.807) is 0 Å². The molecule has 0 amide bonds. The molecule has 3 aliphatic rings. The molecular formula is C15H26N2O2. The van der Waals surface area contributed by atoms with Gasteiger partial charge in [-0.2, -0.15) is 0 Å². The van der Waals surface area contributed by atoms with E-state index >= 15 is 0 Å². The van der Waals surface area contributed by atoms with Crippen molar-refractivity contribution >= 4 is 5.97 Å². The number of carbonyl (C=O) groups excluding carboxylic acids is 1. The van der Waals surface area contributed by atoms with Gasteiger partial charge in [0.1, 0.15) is 5.54 Å². The van der Waals surface area contributed by atoms with Gasteiger partial charge >= 0.3 is 5.97 Å². The van der Waals surface area contributed by atoms with E-state index in [0.717, 1.165) is 37.8 Å². The van der Waals surface area contributed by atoms with Gasteiger partial charge in [0.2, 0.25) is 0 Å². The van der Waals surface area contributed by atoms with Gasteiger partial charge in [0.25, 0.3) is 0 Å². The number of ether oxygens (including phenoxy) is 1. The minimum absolute atomic E-state index is 0.216. The van der Waals surface area contributed by atoms with Crippen LogP contribution in [0, 0.1) is 17.8 Å². The molecule has 3 rings (SSSR count). The monoisotopic (exact) mass is 266 g/mol. The van der Waals surface area contributed by atoms with E-state index in [0.29, 0.717) is 12.5 Å². The Kier molecular flexibility index (Phi) is 3.56. The molecule has 0 aromatic carbocycles. The van der Waals surface area contributed by atoms with Crippen molar-refractivity contribution in [3.8, 4) is 0 Å². The first-order valence-corrected chi connectivity index (χ1v) is 7.71. The van der Waals surface area contributed by atoms with E-state index in [2.05, 4.69) is 4.90 Å². The SMILES string of the molecule is COC(=O)C(N)(CN(CC1CC1)CC1CC1)C1CC1. The lowest BCUT2D eigenvalue weighted by Crippen LogP contribution is -2.59. The molecule has 0 bridgehead atoms. The molecule has 2 N–H and O–H groups in total. The molecule has 3 aliphatic carbocycles. The third-order valence-corrected chi connectivity index (χ3v) is 4.78. The van der Waals surface area contributed by atoms with Gasteiger partial charge in [0.15, 0.2) is 0 Å². The summed E-state index contributed by atoms with van der Waals surface area (Å²) in [5.74, 6) is 1.81. The van der Waals surface area contributed by atoms with Gasteiger partial charge in [0, 0.05) is 19.6 Å². The summed E-state index contributed by atoms with van der Waals surface area (Å²) in [6.07, 6.45) is 7.54. The van der Waals surface area contributed by atoms with Crippen LogP contribution in [-0.4, -0.2) is 43.2 Å². The Morgan fingerprint density at radius 3 is 2.05 bits per heavy atom. The predicted octanol–water partition coefficient (Wildman–Crippen LogP) is 1.39. The molecule has 108 valence electrons. The van der Waals surface area contributed by atoms with Crippen LogP contribution in [0.4, 0.5) is 0 Å². The first-order valence-electron chi connectivity index (χ1n) is 7.71. The van der Waals surface area contributed by atoms with Crippen molar-refractivity contribution in [2.24, 2.45) is 23.5 Å². The fraction of sp³-hybridized carbons (Fsp3) is 0.933. The van der Waals surface area contributed by atoms with Crippen molar-refractivity contribution in [3.05, 3.63) is 0 Å². The summed E-state index contributed by atoms with van der Waals surface area (Å²) in [5.41, 5.74) is 5.67. The second kappa shape index (κ2) is 5.06. The van der Waals surface area contributed by atoms with Crippen LogP contribution in [0.25, 0.3) is 0 Å². The number of nitrogens with two attached hydrogens (primary N) is 1. The van der Waals surface area contributed by atoms with Gasteiger partial charge in [0.05, 0.1) is 7.11 Å². The first-order chi connectivity index (χ1) is 9.11. The van der Waals surface area contributed by atoms with Crippen LogP contribution < -0.4 is 5.73 Å². The molecule has 0 aromatic rings. The zero-order valence-electron chi connectivity index (χ0n) is 11.9. The Morgan fingerprint density at radius 1 is 1.16 bits per heavy atom. The number of nitrogens with zero attached hydrogens (tertiary/aromatic N) is 1. The van der Waals surface area contributed by atoms with Crippen LogP contribution >= 0.6 is 0 Å². The smallest absolute Gasteiger partial charge is 0.327 e. The molecule has 4 heteroatoms. The van der Waals surface area contributed by atoms with Crippen molar-refractivity contribution < 1.29 is 9.53 Å². The average Bonchev–Trinajstić information content (AvgIpc) is 3.24. The summed E-state index contributed by atoms with van der Waals surface area (Å²) >= 11 is 0. The Morgan fingerprint density at radius 2 is 1.68 bits per heavy atom. The topological polar surface area (TPSA) is 55.6 Å². The Labute approximate surface area is 115 Å². The van der Waals surface area contributed by atoms with Crippen molar-refractivity contribution in [3.63, 3.8) is 0 Å². The third kappa shape index (κ3) is 3.29. The van der Waals surface area contributed by atoms with Crippen molar-refractivity contribution in [2.45, 2.75) is 44.1 Å². The molecule has 4 nitrogen and oxygen atoms in total. The summed E-state index contributed by atoms with van der Waals surface area (Å²) < 4.78 is 4.97. The lowest BCUT2D eigenvalue weighted by Gasteiger charge is -2.33. The maximum absolute atomic E-state index is 12.1. The molecule has 0 aliphatic heterocycles. The highest BCUT2D eigenvalue weighted by Crippen LogP contribution is 2.41. The second-order valence-corrected chi connectivity index (χ2v) is 6.89. The lowest BCUT2D eigenvalue weighted by molar-refractivity contribution is -0.149. The van der Waals surface area contributed by atoms with Gasteiger partial charge in [-0.3, -0.25) is 4.79 Å². The van der Waals surface area contributed by atoms with Crippen molar-refractivity contribution in [2.75, 3.05) is 26.7 Å². The molecule has 1 unspecified atom stereocenters. The Hall–Kier alpha value is -0.610. The fourth-order valence-electron chi connectivity index (χ4n) is 3.05. The van der Waals surface area contributed by atoms with Gasteiger partial charge < -0.3 is 15.4 Å². The lowest BCUT2D eigenvalue weighted by atomic mass is 9.93. The molecule has 0 aromatic heterocycles. The van der Waals surface area contributed by atoms with Gasteiger partial charge in [-0.05, 0) is 56.3 Å². The number of esters is 1. The molecule has 3 saturated carbocycles. The minimum atomic E-state index is -0.765. The predicted molar refractivity (Wildman–Crippen MR) is 73.5 cm³/mol. The highest BCUT2D eigenvalue weighted by atomic mass is 16.5. The van der Waals surface area contributed by atoms with E-state index in [-0.39, 0.29) is 5.97 Å². The van der Waals surface area contributed by atoms with Crippen molar-refractivity contribution in [1.82, 2.24) is 4.90 Å². The number of hydrogen-bond donors (Lipinski definition) is 1. The molecule has 19 heavy (non-hydrogen) atoms. The van der Waals surface area contributed by atoms with Gasteiger partial charge in [-0.1, -0.05) is 0 Å². The van der Waals surface area contributed by atoms with Crippen LogP contribution in [0.2, 0.25) is 0 Å². The molecular weight excluding hydrogens is 240 g/mol. The van der Waals surface area contributed by atoms with Crippen LogP contribution in [0.3, 0.4) is 0 Å². The summed E-state index contributed by atoms with van der Waals surface area (Å²) in [6.45, 7) is 2.94. The largest absolute Gasteiger partial charge is 0.468 e. The zero-order valence-corrected chi connectivity index (χ0v) is 11.9. The molecule has 0 radical (unpaired) electrons. The number of hydrogen-bond acceptors (Lipinski definition) is 4. The Bertz CT molecular complexity index is 334. The van der Waals surface area contributed by atoms with Crippen LogP contribution in [0.5, 0.6) is 0 Å². The maximum Gasteiger partial charge on any atom is 0.327 e. The standard InChI is InChI=1S/C15H26N2O2/c1-19-14(18)15(16,13-6-7-13)10-17(8-11-2-3-11)9-12-4-5-12/h11-13H,2-10,16H2,1H3. The number of rotatable bonds is 8. The van der Waals surface area contributed by atoms with Crippen molar-refractivity contribution in [1.29, 1.82) is 0 Å². The highest BCUT2D eigenvalue weighted by Gasteiger charge is 2.50. The fourth-order valence-corrected chi connectivity index (χ4v) is 3.05. The van der Waals surface area contributed by atoms with E-state index in [9.17, 15) is 4.79 Å². The highest BCUT2D eigenvalue weighted by molar-refractivity contribution is 5.81. The summed E-state index contributed by atoms with van der Waals surface area (Å²) in [5, 5.41) is 0. The molecule has 1 atom stereocenters. The minimum Gasteiger partial charge on any atom is -0.468 e. The second-order valence-electron chi connectivity index (χ2n) is 6.89. The zero-order chi connectivity index (χ0) is 13.5. The van der Waals surface area contributed by atoms with Gasteiger partial charge in [-0.15, -0.1) is 0 Å². The summed E-state index contributed by atoms with van der Waals surface area (Å²) in [7, 11) is 1.46. The normalized spacial score (nSPS) is 26.3. The third-order valence-electron chi connectivity index (χ3n) is 4.78. The van der Waals surface area contributed by atoms with Crippen LogP contribution in [0.1, 0.15) is 38.5 Å². The molecule has 0 spiro atoms. The van der Waals surface area contributed by atoms with E-state index < -0.39 is 5.54 Å². The number of carbonyl (C=O) groups is 1. The maximum atomic E-state index is 12.1. The van der Waals surface area contributed by atoms with E-state index in [4.69, 9.17) is 10.5 Å². The quantitative estimate of drug-likeness (QED) is 0.675. The van der Waals surface area contributed by atoms with Crippen LogP contribution in [-0.2, 0) is 9.53 Å². The average molecular weight is 266 g/mol. The van der Waals surface area contributed by atoms with E-state index in [1.165, 1.54) is 32.8 Å². The van der Waals surface area contributed by atoms with Crippen LogP contribution in [0.15, 0.2) is 0 Å². The number of methoxy groups -OCH3 is 1.